The fourth-order valence-electron chi connectivity index (χ4n) is 3.05. The second-order valence-corrected chi connectivity index (χ2v) is 8.75. The van der Waals surface area contributed by atoms with Crippen LogP contribution in [0.15, 0.2) is 45.6 Å². The van der Waals surface area contributed by atoms with Crippen LogP contribution in [0.2, 0.25) is 0 Å². The molecule has 1 aromatic heterocycles. The number of nitrogens with one attached hydrogen (secondary N) is 1. The minimum atomic E-state index is -3.02. The SMILES string of the molecule is Cc1c(-c2ccc(F)cc2)ccc2oc(=O)n(CCNCCS(C)(=O)=O)c12. The van der Waals surface area contributed by atoms with Crippen molar-refractivity contribution < 1.29 is 17.2 Å². The Hall–Kier alpha value is -2.45. The third-order valence-corrected chi connectivity index (χ3v) is 5.34. The molecule has 1 heterocycles. The van der Waals surface area contributed by atoms with Crippen molar-refractivity contribution >= 4 is 20.9 Å². The van der Waals surface area contributed by atoms with Gasteiger partial charge in [-0.15, -0.1) is 0 Å². The summed E-state index contributed by atoms with van der Waals surface area (Å²) in [5.41, 5.74) is 3.77. The van der Waals surface area contributed by atoms with Gasteiger partial charge in [-0.2, -0.15) is 0 Å². The molecule has 0 bridgehead atoms. The average Bonchev–Trinajstić information content (AvgIpc) is 2.91. The van der Waals surface area contributed by atoms with Crippen LogP contribution in [0.3, 0.4) is 0 Å². The molecule has 0 aliphatic heterocycles. The number of nitrogens with zero attached hydrogens (tertiary/aromatic N) is 1. The summed E-state index contributed by atoms with van der Waals surface area (Å²) in [5.74, 6) is -0.728. The maximum Gasteiger partial charge on any atom is 0.420 e. The maximum absolute atomic E-state index is 13.2. The monoisotopic (exact) mass is 392 g/mol. The van der Waals surface area contributed by atoms with E-state index in [1.54, 1.807) is 18.2 Å². The fourth-order valence-corrected chi connectivity index (χ4v) is 3.57. The van der Waals surface area contributed by atoms with Gasteiger partial charge in [-0.25, -0.2) is 17.6 Å². The molecule has 0 fully saturated rings. The predicted molar refractivity (Wildman–Crippen MR) is 103 cm³/mol. The van der Waals surface area contributed by atoms with Gasteiger partial charge < -0.3 is 9.73 Å². The van der Waals surface area contributed by atoms with Crippen LogP contribution in [-0.4, -0.2) is 38.1 Å². The molecule has 0 amide bonds. The fraction of sp³-hybridized carbons (Fsp3) is 0.316. The molecule has 0 spiro atoms. The van der Waals surface area contributed by atoms with Crippen LogP contribution in [0.25, 0.3) is 22.2 Å². The number of sulfone groups is 1. The van der Waals surface area contributed by atoms with E-state index in [0.717, 1.165) is 16.7 Å². The summed E-state index contributed by atoms with van der Waals surface area (Å²) >= 11 is 0. The molecule has 0 saturated carbocycles. The molecule has 8 heteroatoms. The summed E-state index contributed by atoms with van der Waals surface area (Å²) in [6.07, 6.45) is 1.18. The van der Waals surface area contributed by atoms with E-state index in [1.807, 2.05) is 13.0 Å². The number of aryl methyl sites for hydroxylation is 1. The lowest BCUT2D eigenvalue weighted by molar-refractivity contribution is 0.496. The van der Waals surface area contributed by atoms with Crippen molar-refractivity contribution in [2.45, 2.75) is 13.5 Å². The van der Waals surface area contributed by atoms with E-state index < -0.39 is 15.6 Å². The minimum absolute atomic E-state index is 0.0434. The summed E-state index contributed by atoms with van der Waals surface area (Å²) in [5, 5.41) is 3.02. The Balaban J connectivity index is 1.87. The number of benzene rings is 2. The van der Waals surface area contributed by atoms with Gasteiger partial charge in [0.1, 0.15) is 15.7 Å². The molecule has 0 unspecified atom stereocenters. The molecule has 3 aromatic rings. The van der Waals surface area contributed by atoms with Crippen molar-refractivity contribution in [1.29, 1.82) is 0 Å². The molecule has 0 atom stereocenters. The van der Waals surface area contributed by atoms with Crippen LogP contribution in [-0.2, 0) is 16.4 Å². The standard InChI is InChI=1S/C19H21FN2O4S/c1-13-16(14-3-5-15(20)6-4-14)7-8-17-18(13)22(19(23)26-17)11-9-21-10-12-27(2,24)25/h3-8,21H,9-12H2,1-2H3. The lowest BCUT2D eigenvalue weighted by atomic mass is 9.99. The Bertz CT molecular complexity index is 1120. The van der Waals surface area contributed by atoms with Crippen molar-refractivity contribution in [2.24, 2.45) is 0 Å². The number of fused-ring (bicyclic) bond motifs is 1. The summed E-state index contributed by atoms with van der Waals surface area (Å²) in [6.45, 7) is 3.00. The highest BCUT2D eigenvalue weighted by Crippen LogP contribution is 2.29. The molecule has 2 aromatic carbocycles. The van der Waals surface area contributed by atoms with Gasteiger partial charge in [0.15, 0.2) is 5.58 Å². The van der Waals surface area contributed by atoms with Gasteiger partial charge in [0.05, 0.1) is 11.3 Å². The molecule has 0 aliphatic carbocycles. The molecule has 0 aliphatic rings. The molecular weight excluding hydrogens is 371 g/mol. The highest BCUT2D eigenvalue weighted by molar-refractivity contribution is 7.90. The Morgan fingerprint density at radius 3 is 2.48 bits per heavy atom. The number of hydrogen-bond donors (Lipinski definition) is 1. The Morgan fingerprint density at radius 1 is 1.11 bits per heavy atom. The van der Waals surface area contributed by atoms with Crippen LogP contribution in [0.1, 0.15) is 5.56 Å². The zero-order chi connectivity index (χ0) is 19.6. The summed E-state index contributed by atoms with van der Waals surface area (Å²) in [4.78, 5) is 12.2. The van der Waals surface area contributed by atoms with Crippen molar-refractivity contribution in [1.82, 2.24) is 9.88 Å². The first-order valence-electron chi connectivity index (χ1n) is 8.53. The van der Waals surface area contributed by atoms with Crippen LogP contribution >= 0.6 is 0 Å². The zero-order valence-corrected chi connectivity index (χ0v) is 16.0. The van der Waals surface area contributed by atoms with Crippen molar-refractivity contribution in [3.05, 3.63) is 58.3 Å². The van der Waals surface area contributed by atoms with E-state index >= 15 is 0 Å². The van der Waals surface area contributed by atoms with Crippen LogP contribution in [0.5, 0.6) is 0 Å². The lowest BCUT2D eigenvalue weighted by Crippen LogP contribution is -2.28. The summed E-state index contributed by atoms with van der Waals surface area (Å²) < 4.78 is 42.4. The zero-order valence-electron chi connectivity index (χ0n) is 15.2. The smallest absolute Gasteiger partial charge is 0.408 e. The average molecular weight is 392 g/mol. The quantitative estimate of drug-likeness (QED) is 0.624. The Kier molecular flexibility index (Phi) is 5.48. The topological polar surface area (TPSA) is 81.3 Å². The van der Waals surface area contributed by atoms with Gasteiger partial charge in [0.2, 0.25) is 0 Å². The molecule has 3 rings (SSSR count). The third-order valence-electron chi connectivity index (χ3n) is 4.40. The van der Waals surface area contributed by atoms with Crippen LogP contribution in [0.4, 0.5) is 4.39 Å². The highest BCUT2D eigenvalue weighted by atomic mass is 32.2. The van der Waals surface area contributed by atoms with Crippen LogP contribution in [0, 0.1) is 12.7 Å². The number of hydrogen-bond acceptors (Lipinski definition) is 5. The summed E-state index contributed by atoms with van der Waals surface area (Å²) in [7, 11) is -3.02. The van der Waals surface area contributed by atoms with E-state index in [9.17, 15) is 17.6 Å². The number of halogens is 1. The number of aromatic nitrogens is 1. The lowest BCUT2D eigenvalue weighted by Gasteiger charge is -2.10. The minimum Gasteiger partial charge on any atom is -0.408 e. The molecular formula is C19H21FN2O4S. The first-order chi connectivity index (χ1) is 12.8. The third kappa shape index (κ3) is 4.45. The van der Waals surface area contributed by atoms with Gasteiger partial charge >= 0.3 is 5.76 Å². The largest absolute Gasteiger partial charge is 0.420 e. The molecule has 1 N–H and O–H groups in total. The molecule has 27 heavy (non-hydrogen) atoms. The predicted octanol–water partition coefficient (Wildman–Crippen LogP) is 2.34. The van der Waals surface area contributed by atoms with Crippen LogP contribution < -0.4 is 11.1 Å². The highest BCUT2D eigenvalue weighted by Gasteiger charge is 2.15. The second-order valence-electron chi connectivity index (χ2n) is 6.49. The Morgan fingerprint density at radius 2 is 1.81 bits per heavy atom. The molecule has 144 valence electrons. The van der Waals surface area contributed by atoms with Gasteiger partial charge in [-0.05, 0) is 41.8 Å². The second kappa shape index (κ2) is 7.66. The van der Waals surface area contributed by atoms with Crippen molar-refractivity contribution in [3.63, 3.8) is 0 Å². The normalized spacial score (nSPS) is 12.0. The van der Waals surface area contributed by atoms with E-state index in [1.165, 1.54) is 23.0 Å². The Labute approximate surface area is 156 Å². The maximum atomic E-state index is 13.2. The van der Waals surface area contributed by atoms with E-state index in [2.05, 4.69) is 5.32 Å². The van der Waals surface area contributed by atoms with Crippen molar-refractivity contribution in [3.8, 4) is 11.1 Å². The summed E-state index contributed by atoms with van der Waals surface area (Å²) in [6, 6.07) is 9.76. The van der Waals surface area contributed by atoms with E-state index in [0.29, 0.717) is 30.7 Å². The van der Waals surface area contributed by atoms with Crippen molar-refractivity contribution in [2.75, 3.05) is 25.1 Å². The molecule has 0 radical (unpaired) electrons. The number of rotatable bonds is 7. The number of oxazole rings is 1. The van der Waals surface area contributed by atoms with Gasteiger partial charge in [0.25, 0.3) is 0 Å². The van der Waals surface area contributed by atoms with Gasteiger partial charge in [0, 0.05) is 25.9 Å². The first-order valence-corrected chi connectivity index (χ1v) is 10.6. The first kappa shape index (κ1) is 19.3. The molecule has 6 nitrogen and oxygen atoms in total. The molecule has 0 saturated heterocycles. The van der Waals surface area contributed by atoms with Gasteiger partial charge in [-0.3, -0.25) is 4.57 Å². The van der Waals surface area contributed by atoms with Gasteiger partial charge in [-0.1, -0.05) is 18.2 Å². The van der Waals surface area contributed by atoms with E-state index in [4.69, 9.17) is 4.42 Å². The van der Waals surface area contributed by atoms with E-state index in [-0.39, 0.29) is 11.6 Å².